The lowest BCUT2D eigenvalue weighted by molar-refractivity contribution is 0.248. The molecule has 0 radical (unpaired) electrons. The Hall–Kier alpha value is -0.450. The summed E-state index contributed by atoms with van der Waals surface area (Å²) in [4.78, 5) is 7.15. The highest BCUT2D eigenvalue weighted by atomic mass is 32.1. The monoisotopic (exact) mass is 254 g/mol. The van der Waals surface area contributed by atoms with Gasteiger partial charge in [-0.25, -0.2) is 4.98 Å². The Morgan fingerprint density at radius 3 is 3.18 bits per heavy atom. The number of hydrogen-bond donors (Lipinski definition) is 1. The first-order chi connectivity index (χ1) is 8.29. The Kier molecular flexibility index (Phi) is 4.95. The molecule has 0 aliphatic carbocycles. The topological polar surface area (TPSA) is 36.4 Å². The second-order valence-corrected chi connectivity index (χ2v) is 5.89. The van der Waals surface area contributed by atoms with Gasteiger partial charge < -0.3 is 10.0 Å². The molecule has 96 valence electrons. The molecule has 1 unspecified atom stereocenters. The van der Waals surface area contributed by atoms with E-state index in [1.54, 1.807) is 11.3 Å². The summed E-state index contributed by atoms with van der Waals surface area (Å²) >= 11 is 1.78. The number of hydrogen-bond acceptors (Lipinski definition) is 4. The fraction of sp³-hybridized carbons (Fsp3) is 0.769. The van der Waals surface area contributed by atoms with Crippen LogP contribution in [0.25, 0.3) is 0 Å². The molecular formula is C13H22N2OS. The fourth-order valence-electron chi connectivity index (χ4n) is 2.42. The summed E-state index contributed by atoms with van der Waals surface area (Å²) in [6.07, 6.45) is 5.53. The number of thiazole rings is 1. The van der Waals surface area contributed by atoms with Crippen molar-refractivity contribution in [3.05, 3.63) is 16.1 Å². The minimum absolute atomic E-state index is 0.297. The van der Waals surface area contributed by atoms with Gasteiger partial charge >= 0.3 is 0 Å². The molecule has 1 fully saturated rings. The molecule has 17 heavy (non-hydrogen) atoms. The number of aryl methyl sites for hydroxylation is 1. The highest BCUT2D eigenvalue weighted by molar-refractivity contribution is 7.09. The molecule has 1 saturated heterocycles. The SMILES string of the molecule is CN1CCCC(c2csc(CCCCO)n2)C1. The van der Waals surface area contributed by atoms with E-state index in [1.165, 1.54) is 30.1 Å². The van der Waals surface area contributed by atoms with Gasteiger partial charge in [-0.1, -0.05) is 0 Å². The average Bonchev–Trinajstić information content (AvgIpc) is 2.78. The van der Waals surface area contributed by atoms with Crippen LogP contribution < -0.4 is 0 Å². The van der Waals surface area contributed by atoms with E-state index in [2.05, 4.69) is 17.3 Å². The number of piperidine rings is 1. The smallest absolute Gasteiger partial charge is 0.0928 e. The van der Waals surface area contributed by atoms with Crippen molar-refractivity contribution in [3.63, 3.8) is 0 Å². The van der Waals surface area contributed by atoms with Crippen LogP contribution in [0.2, 0.25) is 0 Å². The molecule has 0 amide bonds. The Labute approximate surface area is 107 Å². The molecule has 1 N–H and O–H groups in total. The van der Waals surface area contributed by atoms with Crippen molar-refractivity contribution < 1.29 is 5.11 Å². The number of likely N-dealkylation sites (tertiary alicyclic amines) is 1. The maximum absolute atomic E-state index is 8.76. The van der Waals surface area contributed by atoms with Crippen LogP contribution in [0.1, 0.15) is 42.3 Å². The van der Waals surface area contributed by atoms with Crippen LogP contribution in [0, 0.1) is 0 Å². The maximum Gasteiger partial charge on any atom is 0.0928 e. The Morgan fingerprint density at radius 1 is 1.53 bits per heavy atom. The van der Waals surface area contributed by atoms with E-state index in [9.17, 15) is 0 Å². The van der Waals surface area contributed by atoms with E-state index >= 15 is 0 Å². The quantitative estimate of drug-likeness (QED) is 0.819. The molecular weight excluding hydrogens is 232 g/mol. The van der Waals surface area contributed by atoms with Crippen molar-refractivity contribution in [2.45, 2.75) is 38.0 Å². The van der Waals surface area contributed by atoms with Crippen molar-refractivity contribution in [2.24, 2.45) is 0 Å². The number of aromatic nitrogens is 1. The summed E-state index contributed by atoms with van der Waals surface area (Å²) in [5.74, 6) is 0.636. The Bertz CT molecular complexity index is 340. The standard InChI is InChI=1S/C13H22N2OS/c1-15-7-4-5-11(9-15)12-10-17-13(14-12)6-2-3-8-16/h10-11,16H,2-9H2,1H3. The van der Waals surface area contributed by atoms with Gasteiger partial charge in [-0.3, -0.25) is 0 Å². The van der Waals surface area contributed by atoms with Gasteiger partial charge in [0.15, 0.2) is 0 Å². The van der Waals surface area contributed by atoms with E-state index < -0.39 is 0 Å². The number of nitrogens with zero attached hydrogens (tertiary/aromatic N) is 2. The largest absolute Gasteiger partial charge is 0.396 e. The van der Waals surface area contributed by atoms with Crippen molar-refractivity contribution in [2.75, 3.05) is 26.7 Å². The number of aliphatic hydroxyl groups excluding tert-OH is 1. The fourth-order valence-corrected chi connectivity index (χ4v) is 3.35. The summed E-state index contributed by atoms with van der Waals surface area (Å²) < 4.78 is 0. The van der Waals surface area contributed by atoms with E-state index in [0.717, 1.165) is 25.8 Å². The van der Waals surface area contributed by atoms with Gasteiger partial charge in [-0.2, -0.15) is 0 Å². The zero-order valence-corrected chi connectivity index (χ0v) is 11.4. The van der Waals surface area contributed by atoms with Gasteiger partial charge in [0.25, 0.3) is 0 Å². The van der Waals surface area contributed by atoms with Gasteiger partial charge in [-0.15, -0.1) is 11.3 Å². The molecule has 3 nitrogen and oxygen atoms in total. The van der Waals surface area contributed by atoms with Crippen molar-refractivity contribution in [3.8, 4) is 0 Å². The number of aliphatic hydroxyl groups is 1. The van der Waals surface area contributed by atoms with Crippen LogP contribution in [0.4, 0.5) is 0 Å². The minimum atomic E-state index is 0.297. The number of unbranched alkanes of at least 4 members (excludes halogenated alkanes) is 1. The predicted molar refractivity (Wildman–Crippen MR) is 71.6 cm³/mol. The molecule has 2 heterocycles. The summed E-state index contributed by atoms with van der Waals surface area (Å²) in [6, 6.07) is 0. The molecule has 1 atom stereocenters. The van der Waals surface area contributed by atoms with Gasteiger partial charge in [0.2, 0.25) is 0 Å². The summed E-state index contributed by atoms with van der Waals surface area (Å²) in [6.45, 7) is 2.68. The average molecular weight is 254 g/mol. The van der Waals surface area contributed by atoms with Crippen LogP contribution in [-0.2, 0) is 6.42 Å². The molecule has 1 aromatic heterocycles. The van der Waals surface area contributed by atoms with Gasteiger partial charge in [-0.05, 0) is 45.7 Å². The van der Waals surface area contributed by atoms with Crippen LogP contribution in [-0.4, -0.2) is 41.7 Å². The zero-order chi connectivity index (χ0) is 12.1. The summed E-state index contributed by atoms with van der Waals surface area (Å²) in [5.41, 5.74) is 1.29. The molecule has 4 heteroatoms. The normalized spacial score (nSPS) is 21.9. The van der Waals surface area contributed by atoms with Crippen LogP contribution >= 0.6 is 11.3 Å². The lowest BCUT2D eigenvalue weighted by atomic mass is 9.96. The van der Waals surface area contributed by atoms with Crippen molar-refractivity contribution in [1.29, 1.82) is 0 Å². The molecule has 0 saturated carbocycles. The Balaban J connectivity index is 1.88. The summed E-state index contributed by atoms with van der Waals surface area (Å²) in [7, 11) is 2.20. The van der Waals surface area contributed by atoms with Gasteiger partial charge in [0.1, 0.15) is 0 Å². The molecule has 0 spiro atoms. The molecule has 0 aromatic carbocycles. The third-order valence-corrected chi connectivity index (χ3v) is 4.34. The Morgan fingerprint density at radius 2 is 2.41 bits per heavy atom. The lowest BCUT2D eigenvalue weighted by Crippen LogP contribution is -2.30. The molecule has 2 rings (SSSR count). The molecule has 1 aliphatic rings. The molecule has 1 aliphatic heterocycles. The van der Waals surface area contributed by atoms with Gasteiger partial charge in [0, 0.05) is 24.4 Å². The second kappa shape index (κ2) is 6.47. The second-order valence-electron chi connectivity index (χ2n) is 4.95. The van der Waals surface area contributed by atoms with E-state index in [4.69, 9.17) is 10.1 Å². The first-order valence-electron chi connectivity index (χ1n) is 6.53. The maximum atomic E-state index is 8.76. The highest BCUT2D eigenvalue weighted by Crippen LogP contribution is 2.27. The van der Waals surface area contributed by atoms with Crippen LogP contribution in [0.5, 0.6) is 0 Å². The third-order valence-electron chi connectivity index (χ3n) is 3.41. The van der Waals surface area contributed by atoms with Crippen molar-refractivity contribution >= 4 is 11.3 Å². The third kappa shape index (κ3) is 3.76. The first kappa shape index (κ1) is 13.0. The van der Waals surface area contributed by atoms with E-state index in [1.807, 2.05) is 0 Å². The number of likely N-dealkylation sites (N-methyl/N-ethyl adjacent to an activating group) is 1. The van der Waals surface area contributed by atoms with Gasteiger partial charge in [0.05, 0.1) is 10.7 Å². The van der Waals surface area contributed by atoms with E-state index in [0.29, 0.717) is 12.5 Å². The van der Waals surface area contributed by atoms with Crippen LogP contribution in [0.15, 0.2) is 5.38 Å². The predicted octanol–water partition coefficient (Wildman–Crippen LogP) is 2.27. The molecule has 1 aromatic rings. The van der Waals surface area contributed by atoms with E-state index in [-0.39, 0.29) is 0 Å². The summed E-state index contributed by atoms with van der Waals surface area (Å²) in [5, 5.41) is 12.2. The molecule has 0 bridgehead atoms. The lowest BCUT2D eigenvalue weighted by Gasteiger charge is -2.28. The highest BCUT2D eigenvalue weighted by Gasteiger charge is 2.20. The van der Waals surface area contributed by atoms with Crippen molar-refractivity contribution in [1.82, 2.24) is 9.88 Å². The zero-order valence-electron chi connectivity index (χ0n) is 10.6. The minimum Gasteiger partial charge on any atom is -0.396 e. The first-order valence-corrected chi connectivity index (χ1v) is 7.41. The van der Waals surface area contributed by atoms with Crippen LogP contribution in [0.3, 0.4) is 0 Å². The number of rotatable bonds is 5.